The number of fused-ring (bicyclic) bond motifs is 1. The minimum atomic E-state index is -0.271. The van der Waals surface area contributed by atoms with Gasteiger partial charge >= 0.3 is 0 Å². The van der Waals surface area contributed by atoms with Gasteiger partial charge in [-0.2, -0.15) is 0 Å². The van der Waals surface area contributed by atoms with Crippen LogP contribution in [-0.2, 0) is 0 Å². The summed E-state index contributed by atoms with van der Waals surface area (Å²) in [6.07, 6.45) is 0. The molecule has 1 amide bonds. The zero-order chi connectivity index (χ0) is 17.8. The van der Waals surface area contributed by atoms with Crippen molar-refractivity contribution in [3.05, 3.63) is 58.7 Å². The van der Waals surface area contributed by atoms with Gasteiger partial charge in [0.15, 0.2) is 11.5 Å². The second kappa shape index (κ2) is 7.61. The Labute approximate surface area is 155 Å². The summed E-state index contributed by atoms with van der Waals surface area (Å²) in [6, 6.07) is 15.1. The van der Waals surface area contributed by atoms with Gasteiger partial charge in [0, 0.05) is 17.6 Å². The maximum atomic E-state index is 12.9. The van der Waals surface area contributed by atoms with Gasteiger partial charge in [0.2, 0.25) is 0 Å². The van der Waals surface area contributed by atoms with Crippen LogP contribution in [0.2, 0.25) is 0 Å². The van der Waals surface area contributed by atoms with Crippen molar-refractivity contribution in [3.8, 4) is 0 Å². The molecule has 1 aromatic heterocycles. The van der Waals surface area contributed by atoms with Gasteiger partial charge in [-0.3, -0.25) is 4.79 Å². The number of hydrogen-bond acceptors (Lipinski definition) is 4. The van der Waals surface area contributed by atoms with Crippen molar-refractivity contribution >= 4 is 44.4 Å². The number of nitrogens with one attached hydrogen (secondary N) is 1. The molecule has 3 aromatic rings. The first-order chi connectivity index (χ1) is 12.1. The lowest BCUT2D eigenvalue weighted by atomic mass is 10.2. The van der Waals surface area contributed by atoms with E-state index in [4.69, 9.17) is 4.98 Å². The molecule has 0 atom stereocenters. The van der Waals surface area contributed by atoms with Gasteiger partial charge in [0.05, 0.1) is 16.7 Å². The molecule has 0 saturated carbocycles. The largest absolute Gasteiger partial charge is 0.355 e. The molecule has 2 aromatic carbocycles. The summed E-state index contributed by atoms with van der Waals surface area (Å²) in [6.45, 7) is 5.57. The molecule has 0 unspecified atom stereocenters. The number of carbonyl (C=O) groups excluding carboxylic acids is 1. The fourth-order valence-electron chi connectivity index (χ4n) is 2.63. The van der Waals surface area contributed by atoms with Crippen LogP contribution in [0.3, 0.4) is 0 Å². The second-order valence-electron chi connectivity index (χ2n) is 5.49. The maximum Gasteiger partial charge on any atom is 0.278 e. The van der Waals surface area contributed by atoms with Crippen LogP contribution in [0.25, 0.3) is 11.0 Å². The Morgan fingerprint density at radius 3 is 2.24 bits per heavy atom. The Kier molecular flexibility index (Phi) is 5.28. The Morgan fingerprint density at radius 2 is 1.60 bits per heavy atom. The molecule has 5 nitrogen and oxygen atoms in total. The number of carbonyl (C=O) groups is 1. The van der Waals surface area contributed by atoms with E-state index in [9.17, 15) is 4.79 Å². The van der Waals surface area contributed by atoms with E-state index >= 15 is 0 Å². The molecule has 0 fully saturated rings. The number of nitrogens with zero attached hydrogens (tertiary/aromatic N) is 3. The van der Waals surface area contributed by atoms with E-state index in [2.05, 4.69) is 26.2 Å². The molecule has 0 aliphatic heterocycles. The van der Waals surface area contributed by atoms with Gasteiger partial charge in [-0.25, -0.2) is 9.97 Å². The topological polar surface area (TPSA) is 58.1 Å². The van der Waals surface area contributed by atoms with Crippen molar-refractivity contribution < 1.29 is 4.79 Å². The van der Waals surface area contributed by atoms with Crippen LogP contribution in [0, 0.1) is 0 Å². The van der Waals surface area contributed by atoms with Crippen molar-refractivity contribution in [1.82, 2.24) is 9.97 Å². The highest BCUT2D eigenvalue weighted by molar-refractivity contribution is 9.10. The number of halogens is 1. The minimum absolute atomic E-state index is 0.271. The summed E-state index contributed by atoms with van der Waals surface area (Å²) in [5, 5.41) is 2.92. The summed E-state index contributed by atoms with van der Waals surface area (Å²) >= 11 is 3.45. The SMILES string of the molecule is CCN(CC)c1nc2ccccc2nc1C(=O)Nc1ccccc1Br. The number of benzene rings is 2. The first-order valence-corrected chi connectivity index (χ1v) is 9.01. The fraction of sp³-hybridized carbons (Fsp3) is 0.211. The molecule has 0 bridgehead atoms. The first kappa shape index (κ1) is 17.4. The highest BCUT2D eigenvalue weighted by Crippen LogP contribution is 2.25. The zero-order valence-electron chi connectivity index (χ0n) is 14.2. The molecule has 0 saturated heterocycles. The second-order valence-corrected chi connectivity index (χ2v) is 6.35. The molecule has 0 spiro atoms. The van der Waals surface area contributed by atoms with Crippen molar-refractivity contribution in [3.63, 3.8) is 0 Å². The van der Waals surface area contributed by atoms with Crippen LogP contribution in [0.4, 0.5) is 11.5 Å². The van der Waals surface area contributed by atoms with Crippen LogP contribution in [-0.4, -0.2) is 29.0 Å². The minimum Gasteiger partial charge on any atom is -0.355 e. The van der Waals surface area contributed by atoms with Crippen LogP contribution in [0.1, 0.15) is 24.3 Å². The van der Waals surface area contributed by atoms with Crippen molar-refractivity contribution in [2.75, 3.05) is 23.3 Å². The van der Waals surface area contributed by atoms with Gasteiger partial charge in [-0.15, -0.1) is 0 Å². The molecule has 0 aliphatic rings. The van der Waals surface area contributed by atoms with Crippen LogP contribution >= 0.6 is 15.9 Å². The number of para-hydroxylation sites is 3. The monoisotopic (exact) mass is 398 g/mol. The van der Waals surface area contributed by atoms with Gasteiger partial charge in [-0.1, -0.05) is 24.3 Å². The zero-order valence-corrected chi connectivity index (χ0v) is 15.7. The summed E-state index contributed by atoms with van der Waals surface area (Å²) in [4.78, 5) is 24.2. The highest BCUT2D eigenvalue weighted by atomic mass is 79.9. The lowest BCUT2D eigenvalue weighted by Gasteiger charge is -2.22. The predicted octanol–water partition coefficient (Wildman–Crippen LogP) is 4.49. The third-order valence-corrected chi connectivity index (χ3v) is 4.64. The van der Waals surface area contributed by atoms with Crippen molar-refractivity contribution in [2.45, 2.75) is 13.8 Å². The van der Waals surface area contributed by atoms with Gasteiger partial charge in [0.1, 0.15) is 0 Å². The van der Waals surface area contributed by atoms with Crippen LogP contribution < -0.4 is 10.2 Å². The highest BCUT2D eigenvalue weighted by Gasteiger charge is 2.20. The van der Waals surface area contributed by atoms with Crippen LogP contribution in [0.15, 0.2) is 53.0 Å². The number of amides is 1. The Hall–Kier alpha value is -2.47. The molecule has 3 rings (SSSR count). The van der Waals surface area contributed by atoms with Gasteiger partial charge in [0.25, 0.3) is 5.91 Å². The molecule has 0 aliphatic carbocycles. The summed E-state index contributed by atoms with van der Waals surface area (Å²) in [5.74, 6) is 0.334. The summed E-state index contributed by atoms with van der Waals surface area (Å²) in [7, 11) is 0. The maximum absolute atomic E-state index is 12.9. The summed E-state index contributed by atoms with van der Waals surface area (Å²) < 4.78 is 0.821. The number of aromatic nitrogens is 2. The Bertz CT molecular complexity index is 909. The fourth-order valence-corrected chi connectivity index (χ4v) is 3.01. The van der Waals surface area contributed by atoms with Gasteiger partial charge < -0.3 is 10.2 Å². The lowest BCUT2D eigenvalue weighted by Crippen LogP contribution is -2.28. The molecule has 128 valence electrons. The Balaban J connectivity index is 2.07. The number of hydrogen-bond donors (Lipinski definition) is 1. The quantitative estimate of drug-likeness (QED) is 0.687. The van der Waals surface area contributed by atoms with E-state index in [1.807, 2.05) is 67.3 Å². The third kappa shape index (κ3) is 3.64. The predicted molar refractivity (Wildman–Crippen MR) is 105 cm³/mol. The van der Waals surface area contributed by atoms with E-state index in [1.165, 1.54) is 0 Å². The molecular formula is C19H19BrN4O. The molecule has 0 radical (unpaired) electrons. The first-order valence-electron chi connectivity index (χ1n) is 8.21. The van der Waals surface area contributed by atoms with E-state index < -0.39 is 0 Å². The smallest absolute Gasteiger partial charge is 0.278 e. The average Bonchev–Trinajstić information content (AvgIpc) is 2.64. The van der Waals surface area contributed by atoms with Crippen molar-refractivity contribution in [2.24, 2.45) is 0 Å². The van der Waals surface area contributed by atoms with E-state index in [1.54, 1.807) is 0 Å². The standard InChI is InChI=1S/C19H19BrN4O/c1-3-24(4-2)18-17(21-15-11-7-8-12-16(15)22-18)19(25)23-14-10-6-5-9-13(14)20/h5-12H,3-4H2,1-2H3,(H,23,25). The lowest BCUT2D eigenvalue weighted by molar-refractivity contribution is 0.102. The summed E-state index contributed by atoms with van der Waals surface area (Å²) in [5.41, 5.74) is 2.52. The molecular weight excluding hydrogens is 380 g/mol. The molecule has 1 heterocycles. The number of anilines is 2. The van der Waals surface area contributed by atoms with E-state index in [0.717, 1.165) is 23.1 Å². The van der Waals surface area contributed by atoms with E-state index in [-0.39, 0.29) is 5.91 Å². The van der Waals surface area contributed by atoms with Crippen molar-refractivity contribution in [1.29, 1.82) is 0 Å². The van der Waals surface area contributed by atoms with Crippen LogP contribution in [0.5, 0.6) is 0 Å². The third-order valence-electron chi connectivity index (χ3n) is 3.95. The number of rotatable bonds is 5. The van der Waals surface area contributed by atoms with Gasteiger partial charge in [-0.05, 0) is 54.0 Å². The molecule has 6 heteroatoms. The molecule has 1 N–H and O–H groups in total. The Morgan fingerprint density at radius 1 is 1.00 bits per heavy atom. The molecule has 25 heavy (non-hydrogen) atoms. The normalized spacial score (nSPS) is 10.7. The van der Waals surface area contributed by atoms with E-state index in [0.29, 0.717) is 22.7 Å². The average molecular weight is 399 g/mol.